The molecule has 144 valence electrons. The van der Waals surface area contributed by atoms with E-state index in [2.05, 4.69) is 4.98 Å². The zero-order chi connectivity index (χ0) is 19.9. The number of imidazole rings is 1. The zero-order valence-corrected chi connectivity index (χ0v) is 15.7. The molecule has 2 heterocycles. The van der Waals surface area contributed by atoms with Gasteiger partial charge in [-0.25, -0.2) is 9.78 Å². The van der Waals surface area contributed by atoms with E-state index in [1.54, 1.807) is 10.6 Å². The Labute approximate surface area is 156 Å². The minimum atomic E-state index is -4.45. The smallest absolute Gasteiger partial charge is 0.309 e. The molecule has 0 atom stereocenters. The van der Waals surface area contributed by atoms with Gasteiger partial charge in [0.2, 0.25) is 0 Å². The summed E-state index contributed by atoms with van der Waals surface area (Å²) in [5.74, 6) is 0.653. The van der Waals surface area contributed by atoms with E-state index in [1.807, 2.05) is 6.92 Å². The van der Waals surface area contributed by atoms with Gasteiger partial charge < -0.3 is 4.57 Å². The van der Waals surface area contributed by atoms with Crippen molar-refractivity contribution in [1.29, 1.82) is 0 Å². The summed E-state index contributed by atoms with van der Waals surface area (Å²) in [4.78, 5) is 29.2. The Morgan fingerprint density at radius 2 is 1.85 bits per heavy atom. The largest absolute Gasteiger partial charge is 0.416 e. The fourth-order valence-electron chi connectivity index (χ4n) is 2.84. The Morgan fingerprint density at radius 1 is 1.15 bits per heavy atom. The molecule has 0 amide bonds. The zero-order valence-electron chi connectivity index (χ0n) is 14.9. The summed E-state index contributed by atoms with van der Waals surface area (Å²) in [5, 5.41) is 0.475. The predicted molar refractivity (Wildman–Crippen MR) is 97.2 cm³/mol. The second-order valence-corrected chi connectivity index (χ2v) is 7.22. The van der Waals surface area contributed by atoms with E-state index in [0.29, 0.717) is 16.5 Å². The number of benzene rings is 1. The van der Waals surface area contributed by atoms with Crippen molar-refractivity contribution in [3.05, 3.63) is 56.2 Å². The molecule has 2 aromatic heterocycles. The third-order valence-corrected chi connectivity index (χ3v) is 5.04. The van der Waals surface area contributed by atoms with Crippen molar-refractivity contribution in [3.63, 3.8) is 0 Å². The first-order valence-electron chi connectivity index (χ1n) is 8.10. The van der Waals surface area contributed by atoms with Crippen LogP contribution in [0.4, 0.5) is 13.2 Å². The second-order valence-electron chi connectivity index (χ2n) is 5.99. The fraction of sp³-hybridized carbons (Fsp3) is 0.353. The molecule has 0 aliphatic rings. The van der Waals surface area contributed by atoms with Crippen LogP contribution in [0.5, 0.6) is 0 Å². The molecule has 6 nitrogen and oxygen atoms in total. The molecular formula is C17H17F3N4O2S. The molecule has 3 aromatic rings. The summed E-state index contributed by atoms with van der Waals surface area (Å²) in [5.41, 5.74) is -1.01. The van der Waals surface area contributed by atoms with Gasteiger partial charge in [0.05, 0.1) is 12.1 Å². The monoisotopic (exact) mass is 398 g/mol. The highest BCUT2D eigenvalue weighted by Crippen LogP contribution is 2.30. The SMILES string of the molecule is CCSc1nc2c(c(=O)n(C)c(=O)n2C)n1Cc1cccc(C(F)(F)F)c1. The molecule has 0 unspecified atom stereocenters. The van der Waals surface area contributed by atoms with Gasteiger partial charge in [-0.15, -0.1) is 0 Å². The first-order valence-corrected chi connectivity index (χ1v) is 9.09. The van der Waals surface area contributed by atoms with Crippen LogP contribution in [0.15, 0.2) is 39.0 Å². The molecule has 0 bridgehead atoms. The minimum Gasteiger partial charge on any atom is -0.309 e. The Bertz CT molecular complexity index is 1130. The maximum absolute atomic E-state index is 13.0. The topological polar surface area (TPSA) is 61.8 Å². The average molecular weight is 398 g/mol. The highest BCUT2D eigenvalue weighted by atomic mass is 32.2. The lowest BCUT2D eigenvalue weighted by Crippen LogP contribution is -2.37. The van der Waals surface area contributed by atoms with Crippen LogP contribution in [0, 0.1) is 0 Å². The van der Waals surface area contributed by atoms with E-state index in [9.17, 15) is 22.8 Å². The molecule has 0 saturated carbocycles. The number of hydrogen-bond donors (Lipinski definition) is 0. The maximum atomic E-state index is 13.0. The van der Waals surface area contributed by atoms with Crippen molar-refractivity contribution in [2.75, 3.05) is 5.75 Å². The van der Waals surface area contributed by atoms with Gasteiger partial charge in [0.25, 0.3) is 5.56 Å². The molecule has 27 heavy (non-hydrogen) atoms. The van der Waals surface area contributed by atoms with E-state index >= 15 is 0 Å². The van der Waals surface area contributed by atoms with Crippen molar-refractivity contribution < 1.29 is 13.2 Å². The number of halogens is 3. The van der Waals surface area contributed by atoms with E-state index in [-0.39, 0.29) is 17.7 Å². The number of hydrogen-bond acceptors (Lipinski definition) is 4. The summed E-state index contributed by atoms with van der Waals surface area (Å²) in [6, 6.07) is 4.95. The highest BCUT2D eigenvalue weighted by molar-refractivity contribution is 7.99. The fourth-order valence-corrected chi connectivity index (χ4v) is 3.56. The van der Waals surface area contributed by atoms with E-state index in [1.165, 1.54) is 36.5 Å². The predicted octanol–water partition coefficient (Wildman–Crippen LogP) is 2.61. The van der Waals surface area contributed by atoms with Gasteiger partial charge in [-0.2, -0.15) is 13.2 Å². The summed E-state index contributed by atoms with van der Waals surface area (Å²) in [7, 11) is 2.87. The number of fused-ring (bicyclic) bond motifs is 1. The molecule has 0 aliphatic carbocycles. The van der Waals surface area contributed by atoms with Crippen molar-refractivity contribution >= 4 is 22.9 Å². The van der Waals surface area contributed by atoms with Crippen LogP contribution in [-0.2, 0) is 26.8 Å². The number of thioether (sulfide) groups is 1. The Kier molecular flexibility index (Phi) is 4.94. The van der Waals surface area contributed by atoms with Gasteiger partial charge in [0, 0.05) is 14.1 Å². The molecule has 0 N–H and O–H groups in total. The third kappa shape index (κ3) is 3.41. The Balaban J connectivity index is 2.23. The van der Waals surface area contributed by atoms with Gasteiger partial charge in [0.15, 0.2) is 16.3 Å². The molecule has 0 fully saturated rings. The molecule has 0 aliphatic heterocycles. The van der Waals surface area contributed by atoms with Crippen LogP contribution in [0.3, 0.4) is 0 Å². The molecule has 0 saturated heterocycles. The van der Waals surface area contributed by atoms with Gasteiger partial charge in [-0.05, 0) is 23.4 Å². The Hall–Kier alpha value is -2.49. The van der Waals surface area contributed by atoms with Crippen LogP contribution in [0.2, 0.25) is 0 Å². The standard InChI is InChI=1S/C17H17F3N4O2S/c1-4-27-15-21-13-12(14(25)23(3)16(26)22(13)2)24(15)9-10-6-5-7-11(8-10)17(18,19)20/h5-8H,4,9H2,1-3H3. The number of alkyl halides is 3. The summed E-state index contributed by atoms with van der Waals surface area (Å²) in [6.45, 7) is 1.94. The van der Waals surface area contributed by atoms with Crippen LogP contribution in [0.25, 0.3) is 11.2 Å². The molecular weight excluding hydrogens is 381 g/mol. The first-order chi connectivity index (χ1) is 12.6. The van der Waals surface area contributed by atoms with Crippen LogP contribution in [0.1, 0.15) is 18.1 Å². The first kappa shape index (κ1) is 19.3. The van der Waals surface area contributed by atoms with Gasteiger partial charge >= 0.3 is 11.9 Å². The number of aryl methyl sites for hydroxylation is 1. The highest BCUT2D eigenvalue weighted by Gasteiger charge is 2.30. The lowest BCUT2D eigenvalue weighted by molar-refractivity contribution is -0.137. The summed E-state index contributed by atoms with van der Waals surface area (Å²) in [6.07, 6.45) is -4.45. The van der Waals surface area contributed by atoms with Crippen LogP contribution < -0.4 is 11.2 Å². The molecule has 10 heteroatoms. The Morgan fingerprint density at radius 3 is 2.48 bits per heavy atom. The van der Waals surface area contributed by atoms with E-state index in [4.69, 9.17) is 0 Å². The lowest BCUT2D eigenvalue weighted by Gasteiger charge is -2.11. The summed E-state index contributed by atoms with van der Waals surface area (Å²) >= 11 is 1.35. The molecule has 0 spiro atoms. The van der Waals surface area contributed by atoms with Gasteiger partial charge in [-0.1, -0.05) is 30.8 Å². The average Bonchev–Trinajstić information content (AvgIpc) is 2.96. The number of nitrogens with zero attached hydrogens (tertiary/aromatic N) is 4. The van der Waals surface area contributed by atoms with Crippen molar-refractivity contribution in [3.8, 4) is 0 Å². The van der Waals surface area contributed by atoms with Crippen molar-refractivity contribution in [1.82, 2.24) is 18.7 Å². The second kappa shape index (κ2) is 6.91. The lowest BCUT2D eigenvalue weighted by atomic mass is 10.1. The van der Waals surface area contributed by atoms with Crippen molar-refractivity contribution in [2.24, 2.45) is 14.1 Å². The maximum Gasteiger partial charge on any atom is 0.416 e. The van der Waals surface area contributed by atoms with Crippen LogP contribution >= 0.6 is 11.8 Å². The molecule has 3 rings (SSSR count). The van der Waals surface area contributed by atoms with E-state index in [0.717, 1.165) is 16.7 Å². The van der Waals surface area contributed by atoms with Crippen molar-refractivity contribution in [2.45, 2.75) is 24.8 Å². The van der Waals surface area contributed by atoms with Crippen LogP contribution in [-0.4, -0.2) is 24.4 Å². The normalized spacial score (nSPS) is 12.1. The van der Waals surface area contributed by atoms with Gasteiger partial charge in [-0.3, -0.25) is 13.9 Å². The minimum absolute atomic E-state index is 0.0379. The molecule has 1 aromatic carbocycles. The van der Waals surface area contributed by atoms with Gasteiger partial charge in [0.1, 0.15) is 0 Å². The number of aromatic nitrogens is 4. The van der Waals surface area contributed by atoms with E-state index < -0.39 is 23.0 Å². The molecule has 0 radical (unpaired) electrons. The number of rotatable bonds is 4. The summed E-state index contributed by atoms with van der Waals surface area (Å²) < 4.78 is 42.8. The quantitative estimate of drug-likeness (QED) is 0.634. The third-order valence-electron chi connectivity index (χ3n) is 4.18.